The molecule has 0 aromatic carbocycles. The van der Waals surface area contributed by atoms with Gasteiger partial charge in [0.25, 0.3) is 0 Å². The van der Waals surface area contributed by atoms with Crippen molar-refractivity contribution in [3.63, 3.8) is 0 Å². The van der Waals surface area contributed by atoms with Crippen LogP contribution in [-0.4, -0.2) is 22.5 Å². The predicted octanol–water partition coefficient (Wildman–Crippen LogP) is 1.63. The first-order chi connectivity index (χ1) is 6.94. The first-order valence-electron chi connectivity index (χ1n) is 5.24. The molecule has 0 bridgehead atoms. The zero-order chi connectivity index (χ0) is 11.5. The fourth-order valence-corrected chi connectivity index (χ4v) is 1.40. The van der Waals surface area contributed by atoms with Crippen LogP contribution in [0, 0.1) is 0 Å². The second-order valence-electron chi connectivity index (χ2n) is 4.56. The predicted molar refractivity (Wildman–Crippen MR) is 60.5 cm³/mol. The van der Waals surface area contributed by atoms with Gasteiger partial charge in [0, 0.05) is 32.0 Å². The summed E-state index contributed by atoms with van der Waals surface area (Å²) < 4.78 is 7.13. The lowest BCUT2D eigenvalue weighted by Crippen LogP contribution is -2.24. The van der Waals surface area contributed by atoms with Gasteiger partial charge in [-0.15, -0.1) is 0 Å². The Morgan fingerprint density at radius 1 is 1.60 bits per heavy atom. The molecule has 0 fully saturated rings. The molecule has 0 saturated heterocycles. The van der Waals surface area contributed by atoms with E-state index in [0.29, 0.717) is 0 Å². The number of aryl methyl sites for hydroxylation is 1. The molecule has 86 valence electrons. The van der Waals surface area contributed by atoms with Crippen molar-refractivity contribution >= 4 is 0 Å². The van der Waals surface area contributed by atoms with E-state index in [9.17, 15) is 0 Å². The summed E-state index contributed by atoms with van der Waals surface area (Å²) in [5.74, 6) is 0. The molecule has 0 radical (unpaired) electrons. The minimum absolute atomic E-state index is 0.0492. The van der Waals surface area contributed by atoms with E-state index >= 15 is 0 Å². The van der Waals surface area contributed by atoms with Crippen LogP contribution in [-0.2, 0) is 11.8 Å². The molecule has 0 spiro atoms. The number of nitrogens with two attached hydrogens (primary N) is 1. The van der Waals surface area contributed by atoms with Crippen LogP contribution in [0.15, 0.2) is 12.4 Å². The maximum atomic E-state index is 6.06. The quantitative estimate of drug-likeness (QED) is 0.805. The molecule has 1 rings (SSSR count). The van der Waals surface area contributed by atoms with Crippen molar-refractivity contribution in [2.45, 2.75) is 38.3 Å². The van der Waals surface area contributed by atoms with Crippen LogP contribution in [0.4, 0.5) is 0 Å². The first-order valence-corrected chi connectivity index (χ1v) is 5.24. The zero-order valence-electron chi connectivity index (χ0n) is 10.0. The van der Waals surface area contributed by atoms with E-state index in [1.165, 1.54) is 0 Å². The molecule has 4 heteroatoms. The van der Waals surface area contributed by atoms with E-state index in [0.717, 1.165) is 18.4 Å². The standard InChI is InChI=1S/C11H21N3O/c1-11(2,15-4)6-5-10(12)9-7-13-14(3)8-9/h7-8,10H,5-6,12H2,1-4H3. The third-order valence-electron chi connectivity index (χ3n) is 2.76. The van der Waals surface area contributed by atoms with Crippen molar-refractivity contribution < 1.29 is 4.74 Å². The summed E-state index contributed by atoms with van der Waals surface area (Å²) >= 11 is 0. The molecule has 0 aliphatic carbocycles. The van der Waals surface area contributed by atoms with Gasteiger partial charge in [-0.25, -0.2) is 0 Å². The van der Waals surface area contributed by atoms with E-state index in [4.69, 9.17) is 10.5 Å². The fraction of sp³-hybridized carbons (Fsp3) is 0.727. The Bertz CT molecular complexity index is 307. The van der Waals surface area contributed by atoms with Crippen molar-refractivity contribution in [2.24, 2.45) is 12.8 Å². The number of methoxy groups -OCH3 is 1. The second-order valence-corrected chi connectivity index (χ2v) is 4.56. The maximum Gasteiger partial charge on any atom is 0.0623 e. The third kappa shape index (κ3) is 3.64. The van der Waals surface area contributed by atoms with E-state index in [1.807, 2.05) is 19.4 Å². The van der Waals surface area contributed by atoms with Gasteiger partial charge < -0.3 is 10.5 Å². The zero-order valence-corrected chi connectivity index (χ0v) is 10.0. The summed E-state index contributed by atoms with van der Waals surface area (Å²) in [5.41, 5.74) is 7.05. The molecular formula is C11H21N3O. The Labute approximate surface area is 91.4 Å². The lowest BCUT2D eigenvalue weighted by molar-refractivity contribution is 0.0125. The fourth-order valence-electron chi connectivity index (χ4n) is 1.40. The minimum atomic E-state index is -0.0974. The summed E-state index contributed by atoms with van der Waals surface area (Å²) in [4.78, 5) is 0. The molecule has 1 unspecified atom stereocenters. The Hall–Kier alpha value is -0.870. The smallest absolute Gasteiger partial charge is 0.0623 e. The van der Waals surface area contributed by atoms with Crippen molar-refractivity contribution in [2.75, 3.05) is 7.11 Å². The molecule has 4 nitrogen and oxygen atoms in total. The summed E-state index contributed by atoms with van der Waals surface area (Å²) in [5, 5.41) is 4.11. The lowest BCUT2D eigenvalue weighted by atomic mass is 9.97. The molecule has 0 saturated carbocycles. The minimum Gasteiger partial charge on any atom is -0.379 e. The Morgan fingerprint density at radius 3 is 2.73 bits per heavy atom. The summed E-state index contributed by atoms with van der Waals surface area (Å²) in [7, 11) is 3.63. The molecule has 2 N–H and O–H groups in total. The van der Waals surface area contributed by atoms with Gasteiger partial charge in [-0.05, 0) is 26.7 Å². The van der Waals surface area contributed by atoms with Crippen LogP contribution >= 0.6 is 0 Å². The van der Waals surface area contributed by atoms with Crippen molar-refractivity contribution in [1.29, 1.82) is 0 Å². The SMILES string of the molecule is COC(C)(C)CCC(N)c1cnn(C)c1. The van der Waals surface area contributed by atoms with Crippen LogP contribution in [0.3, 0.4) is 0 Å². The molecule has 0 amide bonds. The molecule has 0 aliphatic heterocycles. The van der Waals surface area contributed by atoms with E-state index < -0.39 is 0 Å². The van der Waals surface area contributed by atoms with E-state index in [-0.39, 0.29) is 11.6 Å². The largest absolute Gasteiger partial charge is 0.379 e. The van der Waals surface area contributed by atoms with Crippen LogP contribution in [0.1, 0.15) is 38.3 Å². The average molecular weight is 211 g/mol. The van der Waals surface area contributed by atoms with Crippen molar-refractivity contribution in [1.82, 2.24) is 9.78 Å². The van der Waals surface area contributed by atoms with Gasteiger partial charge in [0.05, 0.1) is 11.8 Å². The van der Waals surface area contributed by atoms with Crippen LogP contribution < -0.4 is 5.73 Å². The van der Waals surface area contributed by atoms with Gasteiger partial charge in [0.2, 0.25) is 0 Å². The first kappa shape index (κ1) is 12.2. The average Bonchev–Trinajstić information content (AvgIpc) is 2.61. The second kappa shape index (κ2) is 4.77. The van der Waals surface area contributed by atoms with Gasteiger partial charge >= 0.3 is 0 Å². The molecule has 1 heterocycles. The van der Waals surface area contributed by atoms with Crippen molar-refractivity contribution in [3.8, 4) is 0 Å². The van der Waals surface area contributed by atoms with Gasteiger partial charge in [-0.1, -0.05) is 0 Å². The van der Waals surface area contributed by atoms with Gasteiger partial charge in [0.15, 0.2) is 0 Å². The molecule has 1 atom stereocenters. The highest BCUT2D eigenvalue weighted by atomic mass is 16.5. The lowest BCUT2D eigenvalue weighted by Gasteiger charge is -2.24. The van der Waals surface area contributed by atoms with Gasteiger partial charge in [-0.2, -0.15) is 5.10 Å². The van der Waals surface area contributed by atoms with Crippen LogP contribution in [0.25, 0.3) is 0 Å². The van der Waals surface area contributed by atoms with Crippen LogP contribution in [0.2, 0.25) is 0 Å². The number of hydrogen-bond acceptors (Lipinski definition) is 3. The third-order valence-corrected chi connectivity index (χ3v) is 2.76. The van der Waals surface area contributed by atoms with Crippen molar-refractivity contribution in [3.05, 3.63) is 18.0 Å². The van der Waals surface area contributed by atoms with E-state index in [2.05, 4.69) is 18.9 Å². The Morgan fingerprint density at radius 2 is 2.27 bits per heavy atom. The normalized spacial score (nSPS) is 14.2. The van der Waals surface area contributed by atoms with Crippen LogP contribution in [0.5, 0.6) is 0 Å². The number of ether oxygens (including phenoxy) is 1. The Kier molecular flexibility index (Phi) is 3.88. The summed E-state index contributed by atoms with van der Waals surface area (Å²) in [6.45, 7) is 4.14. The molecule has 0 aliphatic rings. The number of nitrogens with zero attached hydrogens (tertiary/aromatic N) is 2. The summed E-state index contributed by atoms with van der Waals surface area (Å²) in [6, 6.07) is 0.0492. The highest BCUT2D eigenvalue weighted by Gasteiger charge is 2.18. The number of rotatable bonds is 5. The number of hydrogen-bond donors (Lipinski definition) is 1. The summed E-state index contributed by atoms with van der Waals surface area (Å²) in [6.07, 6.45) is 5.64. The number of aromatic nitrogens is 2. The van der Waals surface area contributed by atoms with E-state index in [1.54, 1.807) is 11.8 Å². The van der Waals surface area contributed by atoms with Gasteiger partial charge in [0.1, 0.15) is 0 Å². The highest BCUT2D eigenvalue weighted by Crippen LogP contribution is 2.22. The maximum absolute atomic E-state index is 6.06. The molecule has 1 aromatic heterocycles. The monoisotopic (exact) mass is 211 g/mol. The highest BCUT2D eigenvalue weighted by molar-refractivity contribution is 5.09. The Balaban J connectivity index is 2.46. The van der Waals surface area contributed by atoms with Gasteiger partial charge in [-0.3, -0.25) is 4.68 Å². The molecule has 15 heavy (non-hydrogen) atoms. The topological polar surface area (TPSA) is 53.1 Å². The molecule has 1 aromatic rings. The molecular weight excluding hydrogens is 190 g/mol.